The zero-order chi connectivity index (χ0) is 23.5. The van der Waals surface area contributed by atoms with E-state index >= 15 is 0 Å². The van der Waals surface area contributed by atoms with Crippen LogP contribution >= 0.6 is 11.9 Å². The Morgan fingerprint density at radius 1 is 0.971 bits per heavy atom. The van der Waals surface area contributed by atoms with Crippen LogP contribution in [0.4, 0.5) is 25.8 Å². The number of halogens is 2. The summed E-state index contributed by atoms with van der Waals surface area (Å²) < 4.78 is 30.9. The average molecular weight is 479 g/mol. The van der Waals surface area contributed by atoms with Gasteiger partial charge in [0.2, 0.25) is 0 Å². The maximum absolute atomic E-state index is 14.1. The molecule has 5 rings (SSSR count). The number of anilines is 2. The molecule has 34 heavy (non-hydrogen) atoms. The number of piperazine rings is 1. The Hall–Kier alpha value is -3.39. The lowest BCUT2D eigenvalue weighted by molar-refractivity contribution is 0.0746. The minimum absolute atomic E-state index is 0.0648. The van der Waals surface area contributed by atoms with Crippen molar-refractivity contribution in [3.05, 3.63) is 83.4 Å². The van der Waals surface area contributed by atoms with E-state index in [0.717, 1.165) is 41.2 Å². The lowest BCUT2D eigenvalue weighted by atomic mass is 10.1. The summed E-state index contributed by atoms with van der Waals surface area (Å²) in [6, 6.07) is 17.0. The lowest BCUT2D eigenvalue weighted by Gasteiger charge is -2.36. The van der Waals surface area contributed by atoms with Crippen molar-refractivity contribution >= 4 is 41.1 Å². The van der Waals surface area contributed by atoms with Crippen molar-refractivity contribution in [1.82, 2.24) is 4.90 Å². The molecule has 2 aliphatic heterocycles. The van der Waals surface area contributed by atoms with Gasteiger partial charge in [-0.25, -0.2) is 8.78 Å². The number of fused-ring (bicyclic) bond motifs is 1. The smallest absolute Gasteiger partial charge is 0.253 e. The molecule has 0 spiro atoms. The number of nitrogens with zero attached hydrogens (tertiary/aromatic N) is 3. The highest BCUT2D eigenvalue weighted by atomic mass is 32.2. The second-order valence-corrected chi connectivity index (χ2v) is 9.12. The van der Waals surface area contributed by atoms with Gasteiger partial charge in [-0.1, -0.05) is 12.1 Å². The summed E-state index contributed by atoms with van der Waals surface area (Å²) in [7, 11) is 0. The highest BCUT2D eigenvalue weighted by Gasteiger charge is 2.24. The number of carbonyl (C=O) groups excluding carboxylic acids is 1. The van der Waals surface area contributed by atoms with Crippen LogP contribution in [0.25, 0.3) is 0 Å². The summed E-state index contributed by atoms with van der Waals surface area (Å²) in [6.07, 6.45) is 3.94. The van der Waals surface area contributed by atoms with Crippen LogP contribution in [0, 0.1) is 11.6 Å². The summed E-state index contributed by atoms with van der Waals surface area (Å²) in [5.74, 6) is -0.989. The number of aryl methyl sites for hydroxylation is 1. The van der Waals surface area contributed by atoms with Gasteiger partial charge in [0.1, 0.15) is 11.6 Å². The predicted molar refractivity (Wildman–Crippen MR) is 133 cm³/mol. The Kier molecular flexibility index (Phi) is 6.49. The zero-order valence-electron chi connectivity index (χ0n) is 18.5. The first kappa shape index (κ1) is 22.4. The van der Waals surface area contributed by atoms with E-state index < -0.39 is 11.6 Å². The van der Waals surface area contributed by atoms with Crippen LogP contribution in [-0.4, -0.2) is 43.2 Å². The van der Waals surface area contributed by atoms with E-state index in [2.05, 4.69) is 15.8 Å². The first-order chi connectivity index (χ1) is 16.6. The molecule has 0 aromatic heterocycles. The van der Waals surface area contributed by atoms with Crippen molar-refractivity contribution in [1.29, 1.82) is 0 Å². The summed E-state index contributed by atoms with van der Waals surface area (Å²) in [4.78, 5) is 22.1. The van der Waals surface area contributed by atoms with Crippen LogP contribution in [0.1, 0.15) is 22.3 Å². The maximum Gasteiger partial charge on any atom is 0.253 e. The van der Waals surface area contributed by atoms with E-state index in [1.807, 2.05) is 42.6 Å². The normalized spacial score (nSPS) is 15.2. The third-order valence-electron chi connectivity index (χ3n) is 6.07. The second kappa shape index (κ2) is 9.85. The van der Waals surface area contributed by atoms with E-state index in [1.165, 1.54) is 23.6 Å². The van der Waals surface area contributed by atoms with Crippen molar-refractivity contribution in [2.75, 3.05) is 35.8 Å². The van der Waals surface area contributed by atoms with Crippen LogP contribution in [0.5, 0.6) is 0 Å². The number of para-hydroxylation sites is 1. The third kappa shape index (κ3) is 4.77. The fourth-order valence-electron chi connectivity index (χ4n) is 4.23. The van der Waals surface area contributed by atoms with Gasteiger partial charge in [-0.15, -0.1) is 0 Å². The molecule has 1 saturated heterocycles. The molecule has 3 aromatic rings. The Labute approximate surface area is 201 Å². The van der Waals surface area contributed by atoms with Crippen molar-refractivity contribution in [3.63, 3.8) is 0 Å². The van der Waals surface area contributed by atoms with Crippen molar-refractivity contribution < 1.29 is 13.6 Å². The number of amides is 1. The van der Waals surface area contributed by atoms with Crippen molar-refractivity contribution in [2.45, 2.75) is 17.7 Å². The topological polar surface area (TPSA) is 47.9 Å². The monoisotopic (exact) mass is 478 g/mol. The van der Waals surface area contributed by atoms with Gasteiger partial charge in [0.05, 0.1) is 16.3 Å². The van der Waals surface area contributed by atoms with Gasteiger partial charge in [-0.3, -0.25) is 9.79 Å². The van der Waals surface area contributed by atoms with Crippen LogP contribution < -0.4 is 9.62 Å². The molecule has 2 aliphatic rings. The molecule has 174 valence electrons. The number of hydrogen-bond donors (Lipinski definition) is 1. The van der Waals surface area contributed by atoms with E-state index in [1.54, 1.807) is 9.80 Å². The van der Waals surface area contributed by atoms with Gasteiger partial charge in [-0.2, -0.15) is 0 Å². The van der Waals surface area contributed by atoms with Crippen molar-refractivity contribution in [2.24, 2.45) is 4.99 Å². The van der Waals surface area contributed by atoms with Crippen molar-refractivity contribution in [3.8, 4) is 0 Å². The molecule has 8 heteroatoms. The molecule has 3 aromatic carbocycles. The van der Waals surface area contributed by atoms with E-state index in [-0.39, 0.29) is 11.6 Å². The minimum atomic E-state index is -0.471. The van der Waals surface area contributed by atoms with Crippen LogP contribution in [0.2, 0.25) is 0 Å². The zero-order valence-corrected chi connectivity index (χ0v) is 19.3. The molecule has 0 bridgehead atoms. The molecule has 1 N–H and O–H groups in total. The molecule has 1 fully saturated rings. The molecule has 5 nitrogen and oxygen atoms in total. The number of nitrogens with one attached hydrogen (secondary N) is 1. The highest BCUT2D eigenvalue weighted by molar-refractivity contribution is 8.00. The fraction of sp³-hybridized carbons (Fsp3) is 0.231. The fourth-order valence-corrected chi connectivity index (χ4v) is 5.02. The predicted octanol–water partition coefficient (Wildman–Crippen LogP) is 5.69. The molecule has 0 unspecified atom stereocenters. The number of benzene rings is 3. The second-order valence-electron chi connectivity index (χ2n) is 8.27. The van der Waals surface area contributed by atoms with E-state index in [9.17, 15) is 13.6 Å². The van der Waals surface area contributed by atoms with Gasteiger partial charge in [-0.05, 0) is 72.8 Å². The highest BCUT2D eigenvalue weighted by Crippen LogP contribution is 2.35. The van der Waals surface area contributed by atoms with Gasteiger partial charge < -0.3 is 14.5 Å². The van der Waals surface area contributed by atoms with Crippen LogP contribution in [0.3, 0.4) is 0 Å². The van der Waals surface area contributed by atoms with E-state index in [4.69, 9.17) is 0 Å². The first-order valence-electron chi connectivity index (χ1n) is 11.2. The lowest BCUT2D eigenvalue weighted by Crippen LogP contribution is -2.49. The number of rotatable bonds is 5. The van der Waals surface area contributed by atoms with Gasteiger partial charge in [0.25, 0.3) is 5.91 Å². The molecular weight excluding hydrogens is 454 g/mol. The van der Waals surface area contributed by atoms with Gasteiger partial charge >= 0.3 is 0 Å². The number of carbonyl (C=O) groups is 1. The summed E-state index contributed by atoms with van der Waals surface area (Å²) in [5.41, 5.74) is 4.02. The SMILES string of the molecule is O=C(c1ccc(NSc2cccc3c2N=CCC3)cc1)N1CCN(c2cc(F)ccc2F)CC1. The Morgan fingerprint density at radius 3 is 2.56 bits per heavy atom. The summed E-state index contributed by atoms with van der Waals surface area (Å²) in [5, 5.41) is 0. The molecule has 0 saturated carbocycles. The first-order valence-corrected chi connectivity index (χ1v) is 12.1. The quantitative estimate of drug-likeness (QED) is 0.479. The van der Waals surface area contributed by atoms with Crippen LogP contribution in [0.15, 0.2) is 70.6 Å². The van der Waals surface area contributed by atoms with Gasteiger partial charge in [0, 0.05) is 49.7 Å². The Bertz CT molecular complexity index is 1220. The molecule has 0 atom stereocenters. The Balaban J connectivity index is 1.18. The van der Waals surface area contributed by atoms with E-state index in [0.29, 0.717) is 31.7 Å². The molecule has 0 radical (unpaired) electrons. The maximum atomic E-state index is 14.1. The molecule has 0 aliphatic carbocycles. The Morgan fingerprint density at radius 2 is 1.76 bits per heavy atom. The largest absolute Gasteiger partial charge is 0.366 e. The molecule has 2 heterocycles. The third-order valence-corrected chi connectivity index (χ3v) is 6.96. The summed E-state index contributed by atoms with van der Waals surface area (Å²) >= 11 is 1.51. The van der Waals surface area contributed by atoms with Gasteiger partial charge in [0.15, 0.2) is 0 Å². The minimum Gasteiger partial charge on any atom is -0.366 e. The standard InChI is InChI=1S/C26H24F2N4OS/c27-20-8-11-22(28)23(17-20)31-13-15-32(16-14-31)26(33)19-6-9-21(10-7-19)30-34-24-5-1-3-18-4-2-12-29-25(18)24/h1,3,5-12,17,30H,2,4,13-16H2. The summed E-state index contributed by atoms with van der Waals surface area (Å²) in [6.45, 7) is 1.80. The number of aliphatic imine (C=N–C) groups is 1. The average Bonchev–Trinajstić information content (AvgIpc) is 2.89. The number of hydrogen-bond acceptors (Lipinski definition) is 5. The molecule has 1 amide bonds. The van der Waals surface area contributed by atoms with Crippen LogP contribution in [-0.2, 0) is 6.42 Å². The molecular formula is C26H24F2N4OS.